The van der Waals surface area contributed by atoms with Gasteiger partial charge in [0.25, 0.3) is 5.91 Å². The molecule has 2 heterocycles. The van der Waals surface area contributed by atoms with Gasteiger partial charge in [0.1, 0.15) is 5.82 Å². The van der Waals surface area contributed by atoms with Crippen molar-refractivity contribution >= 4 is 28.7 Å². The van der Waals surface area contributed by atoms with Gasteiger partial charge < -0.3 is 15.7 Å². The zero-order chi connectivity index (χ0) is 19.5. The average molecular weight is 377 g/mol. The molecule has 0 aliphatic rings. The van der Waals surface area contributed by atoms with Gasteiger partial charge in [-0.15, -0.1) is 5.10 Å². The zero-order valence-electron chi connectivity index (χ0n) is 14.6. The van der Waals surface area contributed by atoms with Gasteiger partial charge in [-0.05, 0) is 54.1 Å². The maximum Gasteiger partial charge on any atom is 0.276 e. The number of hydrogen-bond acceptors (Lipinski definition) is 5. The number of fused-ring (bicyclic) bond motifs is 1. The minimum atomic E-state index is -0.365. The Kier molecular flexibility index (Phi) is 4.69. The fourth-order valence-corrected chi connectivity index (χ4v) is 2.66. The van der Waals surface area contributed by atoms with Gasteiger partial charge in [0.05, 0.1) is 12.8 Å². The standard InChI is InChI=1S/C20H16FN5O2/c21-14-3-7-15(8-4-14)23-18-9-10-19-22-11-17(26(19)25-18)20(28)24-16-5-1-13(12-27)2-6-16/h1-11,27H,12H2,(H,23,25)(H,24,28). The third-order valence-corrected chi connectivity index (χ3v) is 4.11. The molecule has 0 aliphatic carbocycles. The SMILES string of the molecule is O=C(Nc1ccc(CO)cc1)c1cnc2ccc(Nc3ccc(F)cc3)nn12. The molecule has 3 N–H and O–H groups in total. The molecule has 0 fully saturated rings. The highest BCUT2D eigenvalue weighted by molar-refractivity contribution is 6.03. The van der Waals surface area contributed by atoms with Crippen LogP contribution in [0.4, 0.5) is 21.6 Å². The molecule has 0 unspecified atom stereocenters. The second-order valence-electron chi connectivity index (χ2n) is 6.07. The van der Waals surface area contributed by atoms with Crippen molar-refractivity contribution in [1.29, 1.82) is 0 Å². The first kappa shape index (κ1) is 17.6. The number of nitrogens with zero attached hydrogens (tertiary/aromatic N) is 3. The molecule has 0 spiro atoms. The summed E-state index contributed by atoms with van der Waals surface area (Å²) >= 11 is 0. The summed E-state index contributed by atoms with van der Waals surface area (Å²) in [6, 6.07) is 16.2. The average Bonchev–Trinajstić information content (AvgIpc) is 3.14. The molecule has 0 saturated carbocycles. The van der Waals surface area contributed by atoms with Crippen LogP contribution < -0.4 is 10.6 Å². The van der Waals surface area contributed by atoms with Crippen LogP contribution in [0.1, 0.15) is 16.1 Å². The molecule has 140 valence electrons. The van der Waals surface area contributed by atoms with E-state index in [4.69, 9.17) is 5.11 Å². The second kappa shape index (κ2) is 7.45. The molecule has 2 aromatic heterocycles. The van der Waals surface area contributed by atoms with Crippen LogP contribution >= 0.6 is 0 Å². The first-order valence-corrected chi connectivity index (χ1v) is 8.51. The van der Waals surface area contributed by atoms with Crippen molar-refractivity contribution in [2.24, 2.45) is 0 Å². The number of anilines is 3. The quantitative estimate of drug-likeness (QED) is 0.496. The zero-order valence-corrected chi connectivity index (χ0v) is 14.6. The van der Waals surface area contributed by atoms with Crippen LogP contribution in [-0.2, 0) is 6.61 Å². The number of hydrogen-bond donors (Lipinski definition) is 3. The van der Waals surface area contributed by atoms with E-state index in [1.54, 1.807) is 48.5 Å². The molecule has 8 heteroatoms. The van der Waals surface area contributed by atoms with Gasteiger partial charge in [0, 0.05) is 11.4 Å². The summed E-state index contributed by atoms with van der Waals surface area (Å²) in [5.74, 6) is -0.205. The van der Waals surface area contributed by atoms with Crippen molar-refractivity contribution < 1.29 is 14.3 Å². The van der Waals surface area contributed by atoms with Crippen molar-refractivity contribution in [3.63, 3.8) is 0 Å². The number of nitrogens with one attached hydrogen (secondary N) is 2. The van der Waals surface area contributed by atoms with Crippen LogP contribution in [-0.4, -0.2) is 25.6 Å². The van der Waals surface area contributed by atoms with Gasteiger partial charge in [-0.1, -0.05) is 12.1 Å². The van der Waals surface area contributed by atoms with Gasteiger partial charge in [-0.25, -0.2) is 13.9 Å². The van der Waals surface area contributed by atoms with Gasteiger partial charge in [-0.3, -0.25) is 4.79 Å². The number of aliphatic hydroxyl groups excluding tert-OH is 1. The lowest BCUT2D eigenvalue weighted by molar-refractivity contribution is 0.102. The first-order chi connectivity index (χ1) is 13.6. The number of carbonyl (C=O) groups is 1. The second-order valence-corrected chi connectivity index (χ2v) is 6.07. The van der Waals surface area contributed by atoms with Crippen molar-refractivity contribution in [2.45, 2.75) is 6.61 Å². The van der Waals surface area contributed by atoms with Crippen molar-refractivity contribution in [3.8, 4) is 0 Å². The summed E-state index contributed by atoms with van der Waals surface area (Å²) < 4.78 is 14.5. The maximum absolute atomic E-state index is 13.0. The monoisotopic (exact) mass is 377 g/mol. The lowest BCUT2D eigenvalue weighted by atomic mass is 10.2. The van der Waals surface area contributed by atoms with Crippen LogP contribution in [0.2, 0.25) is 0 Å². The molecule has 0 radical (unpaired) electrons. The van der Waals surface area contributed by atoms with Gasteiger partial charge in [0.2, 0.25) is 0 Å². The summed E-state index contributed by atoms with van der Waals surface area (Å²) in [5, 5.41) is 19.3. The van der Waals surface area contributed by atoms with E-state index in [1.807, 2.05) is 0 Å². The van der Waals surface area contributed by atoms with Crippen LogP contribution in [0.3, 0.4) is 0 Å². The van der Waals surface area contributed by atoms with Crippen LogP contribution in [0.5, 0.6) is 0 Å². The summed E-state index contributed by atoms with van der Waals surface area (Å²) in [5.41, 5.74) is 2.81. The molecule has 2 aromatic carbocycles. The molecule has 0 saturated heterocycles. The Labute approximate surface area is 159 Å². The topological polar surface area (TPSA) is 91.5 Å². The number of imidazole rings is 1. The summed E-state index contributed by atoms with van der Waals surface area (Å²) in [7, 11) is 0. The fourth-order valence-electron chi connectivity index (χ4n) is 2.66. The molecule has 0 bridgehead atoms. The third kappa shape index (κ3) is 3.67. The molecule has 0 atom stereocenters. The van der Waals surface area contributed by atoms with E-state index in [-0.39, 0.29) is 24.0 Å². The number of amides is 1. The van der Waals surface area contributed by atoms with E-state index >= 15 is 0 Å². The van der Waals surface area contributed by atoms with E-state index < -0.39 is 0 Å². The van der Waals surface area contributed by atoms with Gasteiger partial charge in [-0.2, -0.15) is 0 Å². The summed E-state index contributed by atoms with van der Waals surface area (Å²) in [6.07, 6.45) is 1.45. The number of aliphatic hydroxyl groups is 1. The van der Waals surface area contributed by atoms with E-state index in [2.05, 4.69) is 20.7 Å². The first-order valence-electron chi connectivity index (χ1n) is 8.51. The van der Waals surface area contributed by atoms with E-state index in [9.17, 15) is 9.18 Å². The molecule has 7 nitrogen and oxygen atoms in total. The van der Waals surface area contributed by atoms with Crippen LogP contribution in [0.15, 0.2) is 66.9 Å². The Morgan fingerprint density at radius 1 is 1.00 bits per heavy atom. The number of benzene rings is 2. The molecule has 0 aliphatic heterocycles. The predicted molar refractivity (Wildman–Crippen MR) is 103 cm³/mol. The lowest BCUT2D eigenvalue weighted by Gasteiger charge is -2.08. The maximum atomic E-state index is 13.0. The molecule has 4 rings (SSSR count). The Hall–Kier alpha value is -3.78. The molecular weight excluding hydrogens is 361 g/mol. The molecule has 4 aromatic rings. The highest BCUT2D eigenvalue weighted by Crippen LogP contribution is 2.17. The van der Waals surface area contributed by atoms with Crippen LogP contribution in [0, 0.1) is 5.82 Å². The third-order valence-electron chi connectivity index (χ3n) is 4.11. The minimum Gasteiger partial charge on any atom is -0.392 e. The normalized spacial score (nSPS) is 10.8. The van der Waals surface area contributed by atoms with Crippen molar-refractivity contribution in [3.05, 3.63) is 83.9 Å². The van der Waals surface area contributed by atoms with Gasteiger partial charge >= 0.3 is 0 Å². The van der Waals surface area contributed by atoms with E-state index in [0.717, 1.165) is 5.56 Å². The molecular formula is C20H16FN5O2. The predicted octanol–water partition coefficient (Wildman–Crippen LogP) is 3.36. The van der Waals surface area contributed by atoms with Crippen molar-refractivity contribution in [1.82, 2.24) is 14.6 Å². The number of carbonyl (C=O) groups excluding carboxylic acids is 1. The smallest absolute Gasteiger partial charge is 0.276 e. The van der Waals surface area contributed by atoms with Crippen LogP contribution in [0.25, 0.3) is 5.65 Å². The van der Waals surface area contributed by atoms with E-state index in [0.29, 0.717) is 22.8 Å². The Morgan fingerprint density at radius 2 is 1.71 bits per heavy atom. The summed E-state index contributed by atoms with van der Waals surface area (Å²) in [6.45, 7) is -0.0603. The number of rotatable bonds is 5. The largest absolute Gasteiger partial charge is 0.392 e. The Balaban J connectivity index is 1.58. The number of halogens is 1. The molecule has 1 amide bonds. The lowest BCUT2D eigenvalue weighted by Crippen LogP contribution is -2.15. The fraction of sp³-hybridized carbons (Fsp3) is 0.0500. The van der Waals surface area contributed by atoms with Gasteiger partial charge in [0.15, 0.2) is 17.2 Å². The number of aromatic nitrogens is 3. The molecule has 28 heavy (non-hydrogen) atoms. The minimum absolute atomic E-state index is 0.0603. The Morgan fingerprint density at radius 3 is 2.43 bits per heavy atom. The summed E-state index contributed by atoms with van der Waals surface area (Å²) in [4.78, 5) is 16.8. The van der Waals surface area contributed by atoms with Crippen molar-refractivity contribution in [2.75, 3.05) is 10.6 Å². The highest BCUT2D eigenvalue weighted by Gasteiger charge is 2.14. The Bertz CT molecular complexity index is 1120. The highest BCUT2D eigenvalue weighted by atomic mass is 19.1. The van der Waals surface area contributed by atoms with E-state index in [1.165, 1.54) is 22.8 Å².